The highest BCUT2D eigenvalue weighted by Crippen LogP contribution is 2.23. The third kappa shape index (κ3) is 6.64. The van der Waals surface area contributed by atoms with Gasteiger partial charge in [-0.1, -0.05) is 23.8 Å². The Morgan fingerprint density at radius 2 is 1.55 bits per heavy atom. The first-order chi connectivity index (χ1) is 15.1. The molecule has 0 aliphatic heterocycles. The Labute approximate surface area is 183 Å². The summed E-state index contributed by atoms with van der Waals surface area (Å²) in [6.45, 7) is 6.46. The molecule has 3 rings (SSSR count). The van der Waals surface area contributed by atoms with Crippen LogP contribution in [0.15, 0.2) is 89.6 Å². The smallest absolute Gasteiger partial charge is 0.225 e. The van der Waals surface area contributed by atoms with E-state index in [9.17, 15) is 0 Å². The van der Waals surface area contributed by atoms with E-state index in [1.165, 1.54) is 5.56 Å². The summed E-state index contributed by atoms with van der Waals surface area (Å²) < 4.78 is 22.7. The maximum absolute atomic E-state index is 6.12. The van der Waals surface area contributed by atoms with Crippen molar-refractivity contribution in [2.24, 2.45) is 4.99 Å². The normalized spacial score (nSPS) is 11.7. The molecule has 0 N–H and O–H groups in total. The van der Waals surface area contributed by atoms with E-state index in [-0.39, 0.29) is 0 Å². The number of rotatable bonds is 8. The van der Waals surface area contributed by atoms with E-state index in [1.54, 1.807) is 13.4 Å². The summed E-state index contributed by atoms with van der Waals surface area (Å²) in [4.78, 5) is 4.70. The van der Waals surface area contributed by atoms with Crippen molar-refractivity contribution in [3.05, 3.63) is 90.2 Å². The highest BCUT2D eigenvalue weighted by atomic mass is 16.5. The van der Waals surface area contributed by atoms with Crippen LogP contribution >= 0.6 is 0 Å². The van der Waals surface area contributed by atoms with Gasteiger partial charge < -0.3 is 18.9 Å². The molecule has 0 unspecified atom stereocenters. The van der Waals surface area contributed by atoms with E-state index in [4.69, 9.17) is 23.9 Å². The van der Waals surface area contributed by atoms with Gasteiger partial charge >= 0.3 is 0 Å². The van der Waals surface area contributed by atoms with E-state index in [0.717, 1.165) is 22.8 Å². The van der Waals surface area contributed by atoms with Crippen LogP contribution in [0, 0.1) is 6.92 Å². The van der Waals surface area contributed by atoms with Crippen LogP contribution in [0.1, 0.15) is 19.4 Å². The molecule has 0 fully saturated rings. The maximum Gasteiger partial charge on any atom is 0.225 e. The maximum atomic E-state index is 6.12. The van der Waals surface area contributed by atoms with E-state index >= 15 is 0 Å². The molecule has 3 aromatic rings. The van der Waals surface area contributed by atoms with Crippen molar-refractivity contribution in [2.45, 2.75) is 20.8 Å². The Bertz CT molecular complexity index is 1040. The number of aryl methyl sites for hydroxylation is 1. The van der Waals surface area contributed by atoms with Gasteiger partial charge in [0.25, 0.3) is 0 Å². The standard InChI is InChI=1S/C26H27NO4/c1-5-29-24-7-6-8-25(17-24)31-26(27-21-11-9-19(2)10-12-21)20(3)18-30-23-15-13-22(28-4)14-16-23/h6-18H,5H2,1-4H3/b20-18+,27-26?. The van der Waals surface area contributed by atoms with Gasteiger partial charge in [0.1, 0.15) is 23.0 Å². The first kappa shape index (κ1) is 22.0. The zero-order chi connectivity index (χ0) is 22.1. The van der Waals surface area contributed by atoms with Crippen LogP contribution in [0.5, 0.6) is 23.0 Å². The first-order valence-corrected chi connectivity index (χ1v) is 10.1. The molecule has 160 valence electrons. The topological polar surface area (TPSA) is 49.3 Å². The van der Waals surface area contributed by atoms with Crippen LogP contribution in [-0.4, -0.2) is 19.6 Å². The summed E-state index contributed by atoms with van der Waals surface area (Å²) in [6, 6.07) is 22.8. The predicted octanol–water partition coefficient (Wildman–Crippen LogP) is 6.49. The molecule has 0 atom stereocenters. The number of ether oxygens (including phenoxy) is 4. The molecule has 0 aromatic heterocycles. The fourth-order valence-electron chi connectivity index (χ4n) is 2.69. The number of hydrogen-bond acceptors (Lipinski definition) is 5. The third-order valence-electron chi connectivity index (χ3n) is 4.36. The molecular weight excluding hydrogens is 390 g/mol. The second kappa shape index (κ2) is 10.9. The summed E-state index contributed by atoms with van der Waals surface area (Å²) in [5.41, 5.74) is 2.69. The number of benzene rings is 3. The highest BCUT2D eigenvalue weighted by Gasteiger charge is 2.09. The Balaban J connectivity index is 1.86. The van der Waals surface area contributed by atoms with Gasteiger partial charge in [-0.2, -0.15) is 0 Å². The Morgan fingerprint density at radius 3 is 2.23 bits per heavy atom. The minimum absolute atomic E-state index is 0.436. The lowest BCUT2D eigenvalue weighted by molar-refractivity contribution is 0.339. The molecule has 5 heteroatoms. The monoisotopic (exact) mass is 417 g/mol. The summed E-state index contributed by atoms with van der Waals surface area (Å²) in [5, 5.41) is 0. The molecule has 0 bridgehead atoms. The molecule has 0 aliphatic rings. The quantitative estimate of drug-likeness (QED) is 0.239. The Hall–Kier alpha value is -3.73. The summed E-state index contributed by atoms with van der Waals surface area (Å²) in [6.07, 6.45) is 1.63. The number of aliphatic imine (C=N–C) groups is 1. The second-order valence-electron chi connectivity index (χ2n) is 6.86. The van der Waals surface area contributed by atoms with Crippen molar-refractivity contribution in [1.82, 2.24) is 0 Å². The van der Waals surface area contributed by atoms with Gasteiger partial charge in [0, 0.05) is 11.6 Å². The Kier molecular flexibility index (Phi) is 7.71. The van der Waals surface area contributed by atoms with Gasteiger partial charge in [-0.3, -0.25) is 0 Å². The van der Waals surface area contributed by atoms with E-state index in [2.05, 4.69) is 0 Å². The molecule has 0 radical (unpaired) electrons. The zero-order valence-electron chi connectivity index (χ0n) is 18.3. The molecular formula is C26H27NO4. The number of methoxy groups -OCH3 is 1. The van der Waals surface area contributed by atoms with E-state index < -0.39 is 0 Å². The van der Waals surface area contributed by atoms with Crippen LogP contribution in [0.3, 0.4) is 0 Å². The van der Waals surface area contributed by atoms with Crippen molar-refractivity contribution in [2.75, 3.05) is 13.7 Å². The van der Waals surface area contributed by atoms with Crippen molar-refractivity contribution in [3.63, 3.8) is 0 Å². The molecule has 0 saturated carbocycles. The average molecular weight is 418 g/mol. The van der Waals surface area contributed by atoms with Gasteiger partial charge in [-0.05, 0) is 69.3 Å². The summed E-state index contributed by atoms with van der Waals surface area (Å²) >= 11 is 0. The SMILES string of the molecule is CCOc1cccc(OC(=Nc2ccc(C)cc2)/C(C)=C/Oc2ccc(OC)cc2)c1. The Morgan fingerprint density at radius 1 is 0.871 bits per heavy atom. The van der Waals surface area contributed by atoms with Gasteiger partial charge in [0.15, 0.2) is 0 Å². The van der Waals surface area contributed by atoms with E-state index in [0.29, 0.717) is 24.0 Å². The zero-order valence-corrected chi connectivity index (χ0v) is 18.3. The largest absolute Gasteiger partial charge is 0.497 e. The van der Waals surface area contributed by atoms with Crippen LogP contribution in [0.4, 0.5) is 5.69 Å². The molecule has 31 heavy (non-hydrogen) atoms. The van der Waals surface area contributed by atoms with Gasteiger partial charge in [0.05, 0.1) is 25.7 Å². The summed E-state index contributed by atoms with van der Waals surface area (Å²) in [5.74, 6) is 3.27. The van der Waals surface area contributed by atoms with Crippen LogP contribution in [0.25, 0.3) is 0 Å². The molecule has 3 aromatic carbocycles. The van der Waals surface area contributed by atoms with Crippen LogP contribution in [0.2, 0.25) is 0 Å². The highest BCUT2D eigenvalue weighted by molar-refractivity contribution is 5.96. The predicted molar refractivity (Wildman–Crippen MR) is 124 cm³/mol. The number of nitrogens with zero attached hydrogens (tertiary/aromatic N) is 1. The molecule has 0 saturated heterocycles. The molecule has 0 aliphatic carbocycles. The number of hydrogen-bond donors (Lipinski definition) is 0. The van der Waals surface area contributed by atoms with Crippen molar-refractivity contribution < 1.29 is 18.9 Å². The minimum Gasteiger partial charge on any atom is -0.497 e. The van der Waals surface area contributed by atoms with Crippen LogP contribution < -0.4 is 18.9 Å². The molecule has 0 spiro atoms. The van der Waals surface area contributed by atoms with Gasteiger partial charge in [-0.25, -0.2) is 4.99 Å². The minimum atomic E-state index is 0.436. The fourth-order valence-corrected chi connectivity index (χ4v) is 2.69. The first-order valence-electron chi connectivity index (χ1n) is 10.1. The van der Waals surface area contributed by atoms with E-state index in [1.807, 2.05) is 93.6 Å². The molecule has 0 heterocycles. The fraction of sp³-hybridized carbons (Fsp3) is 0.192. The van der Waals surface area contributed by atoms with Gasteiger partial charge in [-0.15, -0.1) is 0 Å². The lowest BCUT2D eigenvalue weighted by Crippen LogP contribution is -2.11. The van der Waals surface area contributed by atoms with Crippen molar-refractivity contribution in [3.8, 4) is 23.0 Å². The summed E-state index contributed by atoms with van der Waals surface area (Å²) in [7, 11) is 1.63. The van der Waals surface area contributed by atoms with Crippen LogP contribution in [-0.2, 0) is 0 Å². The third-order valence-corrected chi connectivity index (χ3v) is 4.36. The van der Waals surface area contributed by atoms with Crippen molar-refractivity contribution >= 4 is 11.6 Å². The second-order valence-corrected chi connectivity index (χ2v) is 6.86. The molecule has 0 amide bonds. The average Bonchev–Trinajstić information content (AvgIpc) is 2.79. The lowest BCUT2D eigenvalue weighted by Gasteiger charge is -2.12. The van der Waals surface area contributed by atoms with Gasteiger partial charge in [0.2, 0.25) is 5.90 Å². The van der Waals surface area contributed by atoms with Crippen molar-refractivity contribution in [1.29, 1.82) is 0 Å². The molecule has 5 nitrogen and oxygen atoms in total. The lowest BCUT2D eigenvalue weighted by atomic mass is 10.2.